The summed E-state index contributed by atoms with van der Waals surface area (Å²) in [6.45, 7) is 0.886. The Bertz CT molecular complexity index is 248. The summed E-state index contributed by atoms with van der Waals surface area (Å²) in [5, 5.41) is 1.86. The number of nitrogens with one attached hydrogen (secondary N) is 1. The molecule has 0 radical (unpaired) electrons. The SMILES string of the molecule is CN=CN(C)NCC1C=CC=CC=C1. The van der Waals surface area contributed by atoms with Crippen LogP contribution in [-0.2, 0) is 0 Å². The van der Waals surface area contributed by atoms with Crippen LogP contribution in [0.5, 0.6) is 0 Å². The van der Waals surface area contributed by atoms with Crippen LogP contribution in [-0.4, -0.2) is 32.0 Å². The highest BCUT2D eigenvalue weighted by Gasteiger charge is 2.00. The van der Waals surface area contributed by atoms with Gasteiger partial charge in [0.15, 0.2) is 0 Å². The summed E-state index contributed by atoms with van der Waals surface area (Å²) >= 11 is 0. The van der Waals surface area contributed by atoms with Gasteiger partial charge >= 0.3 is 0 Å². The van der Waals surface area contributed by atoms with Crippen molar-refractivity contribution in [3.05, 3.63) is 36.5 Å². The van der Waals surface area contributed by atoms with Crippen molar-refractivity contribution in [2.45, 2.75) is 0 Å². The first-order valence-corrected chi connectivity index (χ1v) is 4.73. The number of hydrogen-bond acceptors (Lipinski definition) is 2. The topological polar surface area (TPSA) is 27.6 Å². The number of rotatable bonds is 4. The zero-order valence-electron chi connectivity index (χ0n) is 8.72. The molecule has 0 aromatic heterocycles. The lowest BCUT2D eigenvalue weighted by molar-refractivity contribution is 0.365. The van der Waals surface area contributed by atoms with E-state index in [4.69, 9.17) is 0 Å². The fraction of sp³-hybridized carbons (Fsp3) is 0.364. The normalized spacial score (nSPS) is 16.4. The van der Waals surface area contributed by atoms with Crippen molar-refractivity contribution in [3.8, 4) is 0 Å². The zero-order chi connectivity index (χ0) is 10.2. The Morgan fingerprint density at radius 1 is 1.29 bits per heavy atom. The zero-order valence-corrected chi connectivity index (χ0v) is 8.72. The van der Waals surface area contributed by atoms with E-state index in [1.165, 1.54) is 0 Å². The van der Waals surface area contributed by atoms with Crippen molar-refractivity contribution in [3.63, 3.8) is 0 Å². The molecule has 1 aliphatic rings. The van der Waals surface area contributed by atoms with Crippen LogP contribution in [0.25, 0.3) is 0 Å². The van der Waals surface area contributed by atoms with Crippen molar-refractivity contribution in [2.75, 3.05) is 20.6 Å². The van der Waals surface area contributed by atoms with E-state index in [1.807, 2.05) is 24.2 Å². The van der Waals surface area contributed by atoms with Gasteiger partial charge in [-0.2, -0.15) is 0 Å². The molecule has 76 valence electrons. The van der Waals surface area contributed by atoms with Gasteiger partial charge in [-0.05, 0) is 0 Å². The maximum absolute atomic E-state index is 3.91. The van der Waals surface area contributed by atoms with E-state index in [1.54, 1.807) is 13.4 Å². The van der Waals surface area contributed by atoms with Gasteiger partial charge < -0.3 is 5.01 Å². The van der Waals surface area contributed by atoms with Crippen LogP contribution < -0.4 is 5.43 Å². The molecule has 0 atom stereocenters. The first-order chi connectivity index (χ1) is 6.83. The van der Waals surface area contributed by atoms with Gasteiger partial charge in [0.25, 0.3) is 0 Å². The standard InChI is InChI=1S/C11H17N3/c1-12-10-14(2)13-9-11-7-5-3-4-6-8-11/h3-8,10-11,13H,9H2,1-2H3. The molecule has 0 bridgehead atoms. The molecule has 1 aliphatic carbocycles. The lowest BCUT2D eigenvalue weighted by Crippen LogP contribution is -2.36. The van der Waals surface area contributed by atoms with Gasteiger partial charge in [-0.1, -0.05) is 36.5 Å². The van der Waals surface area contributed by atoms with Crippen molar-refractivity contribution in [2.24, 2.45) is 10.9 Å². The number of nitrogens with zero attached hydrogens (tertiary/aromatic N) is 2. The van der Waals surface area contributed by atoms with Crippen LogP contribution in [0.2, 0.25) is 0 Å². The van der Waals surface area contributed by atoms with Crippen molar-refractivity contribution in [1.82, 2.24) is 10.4 Å². The second-order valence-electron chi connectivity index (χ2n) is 3.17. The highest BCUT2D eigenvalue weighted by atomic mass is 15.5. The molecule has 0 saturated heterocycles. The van der Waals surface area contributed by atoms with E-state index in [9.17, 15) is 0 Å². The highest BCUT2D eigenvalue weighted by molar-refractivity contribution is 5.53. The summed E-state index contributed by atoms with van der Waals surface area (Å²) in [5.41, 5.74) is 3.23. The molecule has 0 aromatic rings. The lowest BCUT2D eigenvalue weighted by atomic mass is 10.1. The predicted octanol–water partition coefficient (Wildman–Crippen LogP) is 1.38. The minimum absolute atomic E-state index is 0.442. The Kier molecular flexibility index (Phi) is 4.72. The minimum Gasteiger partial charge on any atom is -0.302 e. The Morgan fingerprint density at radius 3 is 2.50 bits per heavy atom. The number of hydrazine groups is 1. The largest absolute Gasteiger partial charge is 0.302 e. The molecular weight excluding hydrogens is 174 g/mol. The Hall–Kier alpha value is -1.35. The summed E-state index contributed by atoms with van der Waals surface area (Å²) in [5.74, 6) is 0.442. The summed E-state index contributed by atoms with van der Waals surface area (Å²) in [7, 11) is 3.70. The minimum atomic E-state index is 0.442. The first-order valence-electron chi connectivity index (χ1n) is 4.73. The van der Waals surface area contributed by atoms with Gasteiger partial charge in [0.2, 0.25) is 0 Å². The summed E-state index contributed by atoms with van der Waals surface area (Å²) in [4.78, 5) is 3.91. The Labute approximate surface area is 85.5 Å². The van der Waals surface area contributed by atoms with Crippen LogP contribution in [0, 0.1) is 5.92 Å². The van der Waals surface area contributed by atoms with E-state index in [0.29, 0.717) is 5.92 Å². The molecular formula is C11H17N3. The third kappa shape index (κ3) is 4.05. The third-order valence-corrected chi connectivity index (χ3v) is 1.92. The average molecular weight is 191 g/mol. The van der Waals surface area contributed by atoms with Gasteiger partial charge in [-0.15, -0.1) is 0 Å². The fourth-order valence-electron chi connectivity index (χ4n) is 1.21. The van der Waals surface area contributed by atoms with E-state index in [2.05, 4.69) is 34.7 Å². The molecule has 14 heavy (non-hydrogen) atoms. The highest BCUT2D eigenvalue weighted by Crippen LogP contribution is 2.03. The summed E-state index contributed by atoms with van der Waals surface area (Å²) in [6, 6.07) is 0. The van der Waals surface area contributed by atoms with Crippen molar-refractivity contribution in [1.29, 1.82) is 0 Å². The third-order valence-electron chi connectivity index (χ3n) is 1.92. The Balaban J connectivity index is 2.31. The van der Waals surface area contributed by atoms with Crippen LogP contribution in [0.3, 0.4) is 0 Å². The molecule has 0 amide bonds. The molecule has 0 aliphatic heterocycles. The molecule has 0 unspecified atom stereocenters. The van der Waals surface area contributed by atoms with Crippen LogP contribution in [0.4, 0.5) is 0 Å². The molecule has 0 spiro atoms. The lowest BCUT2D eigenvalue weighted by Gasteiger charge is -2.16. The molecule has 0 fully saturated rings. The van der Waals surface area contributed by atoms with Crippen LogP contribution in [0.15, 0.2) is 41.4 Å². The monoisotopic (exact) mass is 191 g/mol. The molecule has 3 heteroatoms. The van der Waals surface area contributed by atoms with Crippen LogP contribution in [0.1, 0.15) is 0 Å². The van der Waals surface area contributed by atoms with Gasteiger partial charge in [0.1, 0.15) is 0 Å². The van der Waals surface area contributed by atoms with Crippen molar-refractivity contribution >= 4 is 6.34 Å². The Morgan fingerprint density at radius 2 is 1.93 bits per heavy atom. The average Bonchev–Trinajstić information content (AvgIpc) is 2.43. The molecule has 0 saturated carbocycles. The van der Waals surface area contributed by atoms with Gasteiger partial charge in [0, 0.05) is 26.6 Å². The van der Waals surface area contributed by atoms with Gasteiger partial charge in [-0.25, -0.2) is 5.43 Å². The first kappa shape index (κ1) is 10.7. The second kappa shape index (κ2) is 6.16. The molecule has 0 heterocycles. The van der Waals surface area contributed by atoms with E-state index >= 15 is 0 Å². The predicted molar refractivity (Wildman–Crippen MR) is 61.1 cm³/mol. The van der Waals surface area contributed by atoms with Crippen molar-refractivity contribution < 1.29 is 0 Å². The fourth-order valence-corrected chi connectivity index (χ4v) is 1.21. The smallest absolute Gasteiger partial charge is 0.0986 e. The van der Waals surface area contributed by atoms with E-state index in [0.717, 1.165) is 6.54 Å². The summed E-state index contributed by atoms with van der Waals surface area (Å²) in [6.07, 6.45) is 14.3. The van der Waals surface area contributed by atoms with Crippen LogP contribution >= 0.6 is 0 Å². The molecule has 1 N–H and O–H groups in total. The molecule has 0 aromatic carbocycles. The summed E-state index contributed by atoms with van der Waals surface area (Å²) < 4.78 is 0. The van der Waals surface area contributed by atoms with Gasteiger partial charge in [-0.3, -0.25) is 4.99 Å². The molecule has 1 rings (SSSR count). The maximum atomic E-state index is 3.91. The van der Waals surface area contributed by atoms with E-state index in [-0.39, 0.29) is 0 Å². The van der Waals surface area contributed by atoms with Gasteiger partial charge in [0.05, 0.1) is 6.34 Å². The number of aliphatic imine (C=N–C) groups is 1. The quantitative estimate of drug-likeness (QED) is 0.413. The maximum Gasteiger partial charge on any atom is 0.0986 e. The molecule has 3 nitrogen and oxygen atoms in total. The second-order valence-corrected chi connectivity index (χ2v) is 3.17. The number of hydrogen-bond donors (Lipinski definition) is 1. The van der Waals surface area contributed by atoms with E-state index < -0.39 is 0 Å². The number of allylic oxidation sites excluding steroid dienone is 4.